The predicted molar refractivity (Wildman–Crippen MR) is 111 cm³/mol. The van der Waals surface area contributed by atoms with Crippen LogP contribution in [-0.4, -0.2) is 71.2 Å². The van der Waals surface area contributed by atoms with Crippen molar-refractivity contribution in [1.29, 1.82) is 0 Å². The summed E-state index contributed by atoms with van der Waals surface area (Å²) in [5, 5.41) is 25.5. The number of amides is 3. The van der Waals surface area contributed by atoms with Crippen LogP contribution in [0.3, 0.4) is 0 Å². The third-order valence-corrected chi connectivity index (χ3v) is 4.64. The van der Waals surface area contributed by atoms with Gasteiger partial charge in [0.25, 0.3) is 0 Å². The Morgan fingerprint density at radius 2 is 1.40 bits per heavy atom. The van der Waals surface area contributed by atoms with Gasteiger partial charge in [0, 0.05) is 0 Å². The highest BCUT2D eigenvalue weighted by Crippen LogP contribution is 2.08. The lowest BCUT2D eigenvalue weighted by Crippen LogP contribution is -2.59. The van der Waals surface area contributed by atoms with E-state index >= 15 is 0 Å². The van der Waals surface area contributed by atoms with E-state index in [9.17, 15) is 19.2 Å². The largest absolute Gasteiger partial charge is 0.480 e. The van der Waals surface area contributed by atoms with Crippen molar-refractivity contribution in [2.75, 3.05) is 13.2 Å². The lowest BCUT2D eigenvalue weighted by Gasteiger charge is -2.27. The van der Waals surface area contributed by atoms with Gasteiger partial charge in [0.15, 0.2) is 0 Å². The summed E-state index contributed by atoms with van der Waals surface area (Å²) in [6.45, 7) is 6.57. The Bertz CT molecular complexity index is 584. The second kappa shape index (κ2) is 13.9. The van der Waals surface area contributed by atoms with E-state index in [0.29, 0.717) is 25.8 Å². The number of aliphatic carboxylic acids is 1. The van der Waals surface area contributed by atoms with Crippen LogP contribution in [0.25, 0.3) is 0 Å². The molecule has 0 aromatic carbocycles. The minimum absolute atomic E-state index is 0.127. The molecule has 0 aliphatic heterocycles. The molecule has 30 heavy (non-hydrogen) atoms. The molecule has 0 spiro atoms. The van der Waals surface area contributed by atoms with Crippen LogP contribution in [0.4, 0.5) is 0 Å². The van der Waals surface area contributed by atoms with Gasteiger partial charge in [0.1, 0.15) is 18.1 Å². The molecule has 9 N–H and O–H groups in total. The van der Waals surface area contributed by atoms with Crippen molar-refractivity contribution in [3.63, 3.8) is 0 Å². The predicted octanol–water partition coefficient (Wildman–Crippen LogP) is -1.71. The molecule has 0 aliphatic carbocycles. The summed E-state index contributed by atoms with van der Waals surface area (Å²) in [5.41, 5.74) is 11.3. The van der Waals surface area contributed by atoms with Crippen LogP contribution in [0.15, 0.2) is 0 Å². The van der Waals surface area contributed by atoms with E-state index in [2.05, 4.69) is 16.0 Å². The maximum Gasteiger partial charge on any atom is 0.328 e. The fourth-order valence-electron chi connectivity index (χ4n) is 2.57. The number of carbonyl (C=O) groups excluding carboxylic acids is 3. The Balaban J connectivity index is 5.34. The molecule has 4 unspecified atom stereocenters. The molecular weight excluding hydrogens is 394 g/mol. The molecule has 11 heteroatoms. The number of hydrogen-bond acceptors (Lipinski definition) is 7. The Morgan fingerprint density at radius 1 is 0.833 bits per heavy atom. The highest BCUT2D eigenvalue weighted by atomic mass is 16.4. The third-order valence-electron chi connectivity index (χ3n) is 4.64. The molecule has 11 nitrogen and oxygen atoms in total. The van der Waals surface area contributed by atoms with E-state index < -0.39 is 54.5 Å². The Kier molecular flexibility index (Phi) is 12.8. The molecule has 0 aromatic heterocycles. The number of aliphatic hydroxyl groups excluding tert-OH is 1. The SMILES string of the molecule is CC(C)C(N)C(=O)NC(CCCCN)C(=O)NC(C(=O)NC(CO)C(=O)O)C(C)C. The summed E-state index contributed by atoms with van der Waals surface area (Å²) in [6.07, 6.45) is 1.54. The van der Waals surface area contributed by atoms with Crippen LogP contribution in [0.2, 0.25) is 0 Å². The molecule has 0 fully saturated rings. The van der Waals surface area contributed by atoms with Crippen LogP contribution < -0.4 is 27.4 Å². The molecule has 174 valence electrons. The van der Waals surface area contributed by atoms with Crippen molar-refractivity contribution < 1.29 is 29.4 Å². The topological polar surface area (TPSA) is 197 Å². The fourth-order valence-corrected chi connectivity index (χ4v) is 2.57. The van der Waals surface area contributed by atoms with Gasteiger partial charge in [-0.15, -0.1) is 0 Å². The molecule has 0 saturated carbocycles. The number of rotatable bonds is 14. The molecule has 4 atom stereocenters. The monoisotopic (exact) mass is 431 g/mol. The number of nitrogens with one attached hydrogen (secondary N) is 3. The van der Waals surface area contributed by atoms with Crippen LogP contribution in [0.5, 0.6) is 0 Å². The van der Waals surface area contributed by atoms with Crippen molar-refractivity contribution in [2.45, 2.75) is 71.1 Å². The van der Waals surface area contributed by atoms with Crippen LogP contribution in [0.1, 0.15) is 47.0 Å². The lowest BCUT2D eigenvalue weighted by atomic mass is 10.0. The van der Waals surface area contributed by atoms with Crippen molar-refractivity contribution in [3.8, 4) is 0 Å². The minimum Gasteiger partial charge on any atom is -0.480 e. The number of hydrogen-bond donors (Lipinski definition) is 7. The molecular formula is C19H37N5O6. The summed E-state index contributed by atoms with van der Waals surface area (Å²) >= 11 is 0. The first-order valence-electron chi connectivity index (χ1n) is 10.2. The maximum absolute atomic E-state index is 12.8. The second-order valence-corrected chi connectivity index (χ2v) is 7.93. The van der Waals surface area contributed by atoms with Gasteiger partial charge in [-0.1, -0.05) is 27.7 Å². The molecule has 0 radical (unpaired) electrons. The Morgan fingerprint density at radius 3 is 1.83 bits per heavy atom. The summed E-state index contributed by atoms with van der Waals surface area (Å²) in [6, 6.07) is -4.26. The minimum atomic E-state index is -1.49. The zero-order valence-electron chi connectivity index (χ0n) is 18.2. The van der Waals surface area contributed by atoms with E-state index in [0.717, 1.165) is 0 Å². The summed E-state index contributed by atoms with van der Waals surface area (Å²) in [7, 11) is 0. The van der Waals surface area contributed by atoms with Crippen molar-refractivity contribution in [1.82, 2.24) is 16.0 Å². The van der Waals surface area contributed by atoms with Gasteiger partial charge in [-0.05, 0) is 37.6 Å². The van der Waals surface area contributed by atoms with Crippen molar-refractivity contribution >= 4 is 23.7 Å². The van der Waals surface area contributed by atoms with E-state index in [1.54, 1.807) is 27.7 Å². The van der Waals surface area contributed by atoms with E-state index in [-0.39, 0.29) is 11.8 Å². The van der Waals surface area contributed by atoms with Gasteiger partial charge in [-0.25, -0.2) is 4.79 Å². The second-order valence-electron chi connectivity index (χ2n) is 7.93. The molecule has 0 aromatic rings. The first-order valence-corrected chi connectivity index (χ1v) is 10.2. The van der Waals surface area contributed by atoms with Crippen molar-refractivity contribution in [2.24, 2.45) is 23.3 Å². The van der Waals surface area contributed by atoms with E-state index in [1.807, 2.05) is 0 Å². The molecule has 0 saturated heterocycles. The lowest BCUT2D eigenvalue weighted by molar-refractivity contribution is -0.143. The fraction of sp³-hybridized carbons (Fsp3) is 0.789. The summed E-state index contributed by atoms with van der Waals surface area (Å²) in [4.78, 5) is 48.7. The highest BCUT2D eigenvalue weighted by Gasteiger charge is 2.31. The van der Waals surface area contributed by atoms with Crippen LogP contribution in [-0.2, 0) is 19.2 Å². The first-order chi connectivity index (χ1) is 14.0. The Labute approximate surface area is 177 Å². The number of unbranched alkanes of at least 4 members (excludes halogenated alkanes) is 1. The zero-order valence-corrected chi connectivity index (χ0v) is 18.2. The van der Waals surface area contributed by atoms with Gasteiger partial charge < -0.3 is 37.6 Å². The van der Waals surface area contributed by atoms with Gasteiger partial charge in [-0.3, -0.25) is 14.4 Å². The number of aliphatic hydroxyl groups is 1. The molecule has 0 bridgehead atoms. The highest BCUT2D eigenvalue weighted by molar-refractivity contribution is 5.94. The van der Waals surface area contributed by atoms with E-state index in [1.165, 1.54) is 0 Å². The van der Waals surface area contributed by atoms with Gasteiger partial charge in [0.2, 0.25) is 17.7 Å². The Hall–Kier alpha value is -2.24. The van der Waals surface area contributed by atoms with Gasteiger partial charge in [-0.2, -0.15) is 0 Å². The summed E-state index contributed by atoms with van der Waals surface area (Å²) < 4.78 is 0. The first kappa shape index (κ1) is 27.8. The molecule has 3 amide bonds. The number of nitrogens with two attached hydrogens (primary N) is 2. The number of carboxylic acid groups (broad SMARTS) is 1. The van der Waals surface area contributed by atoms with Crippen LogP contribution >= 0.6 is 0 Å². The van der Waals surface area contributed by atoms with E-state index in [4.69, 9.17) is 21.7 Å². The average molecular weight is 432 g/mol. The standard InChI is InChI=1S/C19H37N5O6/c1-10(2)14(21)17(27)22-12(7-5-6-8-20)16(26)24-15(11(3)4)18(28)23-13(9-25)19(29)30/h10-15,25H,5-9,20-21H2,1-4H3,(H,22,27)(H,23,28)(H,24,26)(H,29,30). The number of carbonyl (C=O) groups is 4. The zero-order chi connectivity index (χ0) is 23.4. The van der Waals surface area contributed by atoms with Gasteiger partial charge >= 0.3 is 5.97 Å². The average Bonchev–Trinajstić information content (AvgIpc) is 2.67. The third kappa shape index (κ3) is 9.51. The molecule has 0 heterocycles. The molecule has 0 rings (SSSR count). The quantitative estimate of drug-likeness (QED) is 0.158. The molecule has 0 aliphatic rings. The van der Waals surface area contributed by atoms with Crippen LogP contribution in [0, 0.1) is 11.8 Å². The van der Waals surface area contributed by atoms with Gasteiger partial charge in [0.05, 0.1) is 12.6 Å². The normalized spacial score (nSPS) is 15.2. The number of carboxylic acids is 1. The summed E-state index contributed by atoms with van der Waals surface area (Å²) in [5.74, 6) is -3.70. The smallest absolute Gasteiger partial charge is 0.328 e. The maximum atomic E-state index is 12.8. The van der Waals surface area contributed by atoms with Crippen molar-refractivity contribution in [3.05, 3.63) is 0 Å².